The van der Waals surface area contributed by atoms with Crippen LogP contribution in [-0.4, -0.2) is 39.4 Å². The van der Waals surface area contributed by atoms with Gasteiger partial charge in [-0.05, 0) is 62.3 Å². The van der Waals surface area contributed by atoms with E-state index in [1.165, 1.54) is 32.4 Å². The highest BCUT2D eigenvalue weighted by atomic mass is 16.5. The van der Waals surface area contributed by atoms with Crippen LogP contribution >= 0.6 is 0 Å². The number of carbonyl (C=O) groups is 2. The molecule has 0 amide bonds. The number of hydrogen-bond acceptors (Lipinski definition) is 6. The highest BCUT2D eigenvalue weighted by molar-refractivity contribution is 5.87. The zero-order valence-electron chi connectivity index (χ0n) is 20.7. The summed E-state index contributed by atoms with van der Waals surface area (Å²) in [5, 5.41) is 0. The Hall–Kier alpha value is -2.76. The number of unbranched alkanes of at least 4 members (excludes halogenated alkanes) is 4. The summed E-state index contributed by atoms with van der Waals surface area (Å²) in [6.07, 6.45) is 11.8. The Labute approximate surface area is 198 Å². The van der Waals surface area contributed by atoms with Crippen LogP contribution in [0.1, 0.15) is 70.8 Å². The number of benzene rings is 1. The number of ether oxygens (including phenoxy) is 4. The molecule has 0 aliphatic rings. The number of carbonyl (C=O) groups excluding carboxylic acids is 2. The van der Waals surface area contributed by atoms with Crippen LogP contribution in [0.25, 0.3) is 6.08 Å². The Bertz CT molecular complexity index is 768. The lowest BCUT2D eigenvalue weighted by Gasteiger charge is -2.17. The smallest absolute Gasteiger partial charge is 0.333 e. The molecule has 1 aromatic carbocycles. The Kier molecular flexibility index (Phi) is 14.4. The molecule has 33 heavy (non-hydrogen) atoms. The molecule has 0 saturated carbocycles. The van der Waals surface area contributed by atoms with Gasteiger partial charge in [0, 0.05) is 11.6 Å². The SMILES string of the molecule is C=C(C)C(=O)OCC(CCCCCC)CCCCOc1ccc(C=CC(=O)OC)cc1OC. The van der Waals surface area contributed by atoms with E-state index in [-0.39, 0.29) is 5.97 Å². The van der Waals surface area contributed by atoms with Crippen molar-refractivity contribution < 1.29 is 28.5 Å². The van der Waals surface area contributed by atoms with Crippen LogP contribution < -0.4 is 9.47 Å². The standard InChI is InChI=1S/C27H40O6/c1-6-7-8-9-12-23(20-33-27(29)21(2)3)13-10-11-18-32-24-16-14-22(19-25(24)30-4)15-17-26(28)31-5/h14-17,19,23H,2,6-13,18,20H2,1,3-5H3. The molecule has 0 bridgehead atoms. The predicted molar refractivity (Wildman–Crippen MR) is 131 cm³/mol. The van der Waals surface area contributed by atoms with Crippen molar-refractivity contribution >= 4 is 18.0 Å². The van der Waals surface area contributed by atoms with Crippen LogP contribution in [0.3, 0.4) is 0 Å². The molecule has 0 radical (unpaired) electrons. The molecule has 0 saturated heterocycles. The first-order chi connectivity index (χ1) is 15.9. The van der Waals surface area contributed by atoms with Gasteiger partial charge in [-0.1, -0.05) is 45.3 Å². The first-order valence-electron chi connectivity index (χ1n) is 11.8. The van der Waals surface area contributed by atoms with Gasteiger partial charge in [0.1, 0.15) is 0 Å². The summed E-state index contributed by atoms with van der Waals surface area (Å²) >= 11 is 0. The third-order valence-electron chi connectivity index (χ3n) is 5.33. The molecule has 0 aliphatic heterocycles. The first kappa shape index (κ1) is 28.3. The molecule has 1 atom stereocenters. The number of esters is 2. The molecule has 1 aromatic rings. The molecule has 0 aliphatic carbocycles. The van der Waals surface area contributed by atoms with Crippen molar-refractivity contribution in [2.75, 3.05) is 27.4 Å². The van der Waals surface area contributed by atoms with Crippen LogP contribution in [0.5, 0.6) is 11.5 Å². The third kappa shape index (κ3) is 12.2. The summed E-state index contributed by atoms with van der Waals surface area (Å²) < 4.78 is 21.4. The lowest BCUT2D eigenvalue weighted by Crippen LogP contribution is -2.15. The minimum absolute atomic E-state index is 0.311. The minimum atomic E-state index is -0.410. The second-order valence-corrected chi connectivity index (χ2v) is 8.21. The van der Waals surface area contributed by atoms with Crippen molar-refractivity contribution in [1.82, 2.24) is 0 Å². The van der Waals surface area contributed by atoms with Crippen molar-refractivity contribution in [3.8, 4) is 11.5 Å². The van der Waals surface area contributed by atoms with Crippen LogP contribution in [0.15, 0.2) is 36.4 Å². The molecule has 0 fully saturated rings. The largest absolute Gasteiger partial charge is 0.493 e. The van der Waals surface area contributed by atoms with Gasteiger partial charge in [-0.15, -0.1) is 0 Å². The average molecular weight is 461 g/mol. The van der Waals surface area contributed by atoms with E-state index in [0.29, 0.717) is 36.2 Å². The lowest BCUT2D eigenvalue weighted by atomic mass is 9.96. The van der Waals surface area contributed by atoms with E-state index in [1.807, 2.05) is 18.2 Å². The number of hydrogen-bond donors (Lipinski definition) is 0. The van der Waals surface area contributed by atoms with Crippen molar-refractivity contribution in [2.24, 2.45) is 5.92 Å². The normalized spacial score (nSPS) is 11.8. The van der Waals surface area contributed by atoms with Crippen molar-refractivity contribution in [1.29, 1.82) is 0 Å². The Morgan fingerprint density at radius 3 is 2.39 bits per heavy atom. The number of methoxy groups -OCH3 is 2. The second kappa shape index (κ2) is 16.8. The molecule has 6 heteroatoms. The van der Waals surface area contributed by atoms with Gasteiger partial charge in [0.15, 0.2) is 11.5 Å². The summed E-state index contributed by atoms with van der Waals surface area (Å²) in [6, 6.07) is 5.51. The fourth-order valence-electron chi connectivity index (χ4n) is 3.34. The molecule has 1 rings (SSSR count). The van der Waals surface area contributed by atoms with Gasteiger partial charge in [0.25, 0.3) is 0 Å². The maximum Gasteiger partial charge on any atom is 0.333 e. The van der Waals surface area contributed by atoms with E-state index in [9.17, 15) is 9.59 Å². The minimum Gasteiger partial charge on any atom is -0.493 e. The summed E-state index contributed by atoms with van der Waals surface area (Å²) in [7, 11) is 2.93. The average Bonchev–Trinajstić information content (AvgIpc) is 2.82. The van der Waals surface area contributed by atoms with Gasteiger partial charge in [-0.3, -0.25) is 0 Å². The fourth-order valence-corrected chi connectivity index (χ4v) is 3.34. The van der Waals surface area contributed by atoms with Gasteiger partial charge in [-0.25, -0.2) is 9.59 Å². The molecule has 184 valence electrons. The van der Waals surface area contributed by atoms with Gasteiger partial charge in [-0.2, -0.15) is 0 Å². The van der Waals surface area contributed by atoms with Gasteiger partial charge in [0.05, 0.1) is 27.4 Å². The molecule has 0 spiro atoms. The van der Waals surface area contributed by atoms with Crippen LogP contribution in [0.2, 0.25) is 0 Å². The molecule has 6 nitrogen and oxygen atoms in total. The topological polar surface area (TPSA) is 71.1 Å². The Balaban J connectivity index is 2.49. The second-order valence-electron chi connectivity index (χ2n) is 8.21. The van der Waals surface area contributed by atoms with E-state index in [0.717, 1.165) is 37.7 Å². The highest BCUT2D eigenvalue weighted by Gasteiger charge is 2.13. The van der Waals surface area contributed by atoms with Crippen molar-refractivity contribution in [2.45, 2.75) is 65.2 Å². The molecule has 0 N–H and O–H groups in total. The monoisotopic (exact) mass is 460 g/mol. The third-order valence-corrected chi connectivity index (χ3v) is 5.33. The first-order valence-corrected chi connectivity index (χ1v) is 11.8. The van der Waals surface area contributed by atoms with Gasteiger partial charge < -0.3 is 18.9 Å². The molecular weight excluding hydrogens is 420 g/mol. The van der Waals surface area contributed by atoms with Crippen LogP contribution in [0, 0.1) is 5.92 Å². The summed E-state index contributed by atoms with van der Waals surface area (Å²) in [6.45, 7) is 8.55. The van der Waals surface area contributed by atoms with Gasteiger partial charge in [0.2, 0.25) is 0 Å². The summed E-state index contributed by atoms with van der Waals surface area (Å²) in [5.74, 6) is 0.920. The van der Waals surface area contributed by atoms with E-state index >= 15 is 0 Å². The lowest BCUT2D eigenvalue weighted by molar-refractivity contribution is -0.140. The molecule has 0 heterocycles. The van der Waals surface area contributed by atoms with E-state index in [2.05, 4.69) is 18.2 Å². The summed E-state index contributed by atoms with van der Waals surface area (Å²) in [5.41, 5.74) is 1.26. The Morgan fingerprint density at radius 1 is 1.03 bits per heavy atom. The highest BCUT2D eigenvalue weighted by Crippen LogP contribution is 2.29. The summed E-state index contributed by atoms with van der Waals surface area (Å²) in [4.78, 5) is 23.0. The quantitative estimate of drug-likeness (QED) is 0.158. The van der Waals surface area contributed by atoms with Gasteiger partial charge >= 0.3 is 11.9 Å². The van der Waals surface area contributed by atoms with Crippen molar-refractivity contribution in [3.63, 3.8) is 0 Å². The maximum absolute atomic E-state index is 11.8. The molecule has 1 unspecified atom stereocenters. The molecular formula is C27H40O6. The number of rotatable bonds is 17. The predicted octanol–water partition coefficient (Wildman–Crippen LogP) is 6.14. The van der Waals surface area contributed by atoms with E-state index < -0.39 is 5.97 Å². The van der Waals surface area contributed by atoms with Crippen molar-refractivity contribution in [3.05, 3.63) is 42.0 Å². The zero-order valence-corrected chi connectivity index (χ0v) is 20.7. The van der Waals surface area contributed by atoms with Crippen LogP contribution in [0.4, 0.5) is 0 Å². The fraction of sp³-hybridized carbons (Fsp3) is 0.556. The van der Waals surface area contributed by atoms with E-state index in [4.69, 9.17) is 14.2 Å². The van der Waals surface area contributed by atoms with E-state index in [1.54, 1.807) is 20.1 Å². The molecule has 0 aromatic heterocycles. The van der Waals surface area contributed by atoms with Crippen LogP contribution in [-0.2, 0) is 19.1 Å². The maximum atomic E-state index is 11.8. The Morgan fingerprint density at radius 2 is 1.76 bits per heavy atom. The zero-order chi connectivity index (χ0) is 24.5.